The van der Waals surface area contributed by atoms with Crippen molar-refractivity contribution in [2.75, 3.05) is 19.1 Å². The second-order valence-corrected chi connectivity index (χ2v) is 6.62. The van der Waals surface area contributed by atoms with Crippen molar-refractivity contribution in [3.05, 3.63) is 35.4 Å². The normalized spacial score (nSPS) is 13.6. The predicted molar refractivity (Wildman–Crippen MR) is 67.2 cm³/mol. The minimum atomic E-state index is -3.01. The highest BCUT2D eigenvalue weighted by Crippen LogP contribution is 2.12. The smallest absolute Gasteiger partial charge is 0.159 e. The highest BCUT2D eigenvalue weighted by molar-refractivity contribution is 7.90. The van der Waals surface area contributed by atoms with Gasteiger partial charge >= 0.3 is 0 Å². The fraction of sp³-hybridized carbons (Fsp3) is 0.500. The quantitative estimate of drug-likeness (QED) is 0.857. The van der Waals surface area contributed by atoms with Gasteiger partial charge < -0.3 is 5.32 Å². The van der Waals surface area contributed by atoms with E-state index in [1.54, 1.807) is 7.05 Å². The summed E-state index contributed by atoms with van der Waals surface area (Å²) in [6, 6.07) is 3.64. The molecule has 18 heavy (non-hydrogen) atoms. The van der Waals surface area contributed by atoms with E-state index in [0.717, 1.165) is 12.1 Å². The van der Waals surface area contributed by atoms with Crippen molar-refractivity contribution in [1.29, 1.82) is 0 Å². The largest absolute Gasteiger partial charge is 0.317 e. The molecule has 1 rings (SSSR count). The maximum absolute atomic E-state index is 13.0. The van der Waals surface area contributed by atoms with E-state index in [1.165, 1.54) is 12.3 Å². The van der Waals surface area contributed by atoms with Crippen LogP contribution in [0, 0.1) is 11.6 Å². The zero-order valence-electron chi connectivity index (χ0n) is 10.4. The fourth-order valence-electron chi connectivity index (χ4n) is 1.66. The second-order valence-electron chi connectivity index (χ2n) is 4.36. The van der Waals surface area contributed by atoms with Gasteiger partial charge in [0.05, 0.1) is 5.75 Å². The summed E-state index contributed by atoms with van der Waals surface area (Å²) < 4.78 is 47.9. The van der Waals surface area contributed by atoms with Gasteiger partial charge in [-0.15, -0.1) is 0 Å². The molecule has 0 aliphatic heterocycles. The van der Waals surface area contributed by atoms with E-state index < -0.39 is 21.5 Å². The summed E-state index contributed by atoms with van der Waals surface area (Å²) in [5.74, 6) is -1.69. The Balaban J connectivity index is 2.65. The molecule has 1 unspecified atom stereocenters. The molecule has 6 heteroatoms. The topological polar surface area (TPSA) is 46.2 Å². The van der Waals surface area contributed by atoms with Gasteiger partial charge in [0.25, 0.3) is 0 Å². The van der Waals surface area contributed by atoms with Crippen LogP contribution in [0.15, 0.2) is 18.2 Å². The van der Waals surface area contributed by atoms with Crippen molar-refractivity contribution in [1.82, 2.24) is 5.32 Å². The van der Waals surface area contributed by atoms with Crippen LogP contribution in [0.2, 0.25) is 0 Å². The second kappa shape index (κ2) is 6.24. The monoisotopic (exact) mass is 277 g/mol. The van der Waals surface area contributed by atoms with Crippen molar-refractivity contribution in [2.24, 2.45) is 0 Å². The van der Waals surface area contributed by atoms with Crippen LogP contribution >= 0.6 is 0 Å². The van der Waals surface area contributed by atoms with Crippen LogP contribution in [0.3, 0.4) is 0 Å². The third-order valence-corrected chi connectivity index (χ3v) is 3.69. The lowest BCUT2D eigenvalue weighted by atomic mass is 10.0. The Morgan fingerprint density at radius 3 is 2.44 bits per heavy atom. The molecule has 0 aliphatic rings. The van der Waals surface area contributed by atoms with E-state index in [4.69, 9.17) is 0 Å². The Morgan fingerprint density at radius 2 is 1.94 bits per heavy atom. The highest BCUT2D eigenvalue weighted by Gasteiger charge is 2.12. The number of hydrogen-bond acceptors (Lipinski definition) is 3. The van der Waals surface area contributed by atoms with E-state index >= 15 is 0 Å². The first kappa shape index (κ1) is 15.0. The van der Waals surface area contributed by atoms with E-state index in [9.17, 15) is 17.2 Å². The fourth-order valence-corrected chi connectivity index (χ4v) is 2.37. The van der Waals surface area contributed by atoms with Gasteiger partial charge in [-0.25, -0.2) is 17.2 Å². The molecule has 0 fully saturated rings. The zero-order valence-corrected chi connectivity index (χ0v) is 11.2. The highest BCUT2D eigenvalue weighted by atomic mass is 32.2. The number of halogens is 2. The summed E-state index contributed by atoms with van der Waals surface area (Å²) in [4.78, 5) is 0. The number of nitrogens with one attached hydrogen (secondary N) is 1. The maximum Gasteiger partial charge on any atom is 0.159 e. The lowest BCUT2D eigenvalue weighted by Gasteiger charge is -2.15. The molecule has 102 valence electrons. The molecule has 0 heterocycles. The first-order valence-electron chi connectivity index (χ1n) is 5.60. The first-order valence-corrected chi connectivity index (χ1v) is 7.67. The van der Waals surface area contributed by atoms with Gasteiger partial charge in [-0.05, 0) is 37.6 Å². The average molecular weight is 277 g/mol. The molecule has 0 radical (unpaired) electrons. The molecular formula is C12H17F2NO2S. The van der Waals surface area contributed by atoms with Gasteiger partial charge in [0.15, 0.2) is 11.6 Å². The van der Waals surface area contributed by atoms with E-state index in [-0.39, 0.29) is 11.8 Å². The van der Waals surface area contributed by atoms with Crippen molar-refractivity contribution in [3.63, 3.8) is 0 Å². The summed E-state index contributed by atoms with van der Waals surface area (Å²) in [6.45, 7) is 0. The van der Waals surface area contributed by atoms with E-state index in [1.807, 2.05) is 0 Å². The summed E-state index contributed by atoms with van der Waals surface area (Å²) in [7, 11) is -1.30. The van der Waals surface area contributed by atoms with Crippen molar-refractivity contribution in [3.8, 4) is 0 Å². The molecule has 0 bridgehead atoms. The molecule has 1 N–H and O–H groups in total. The standard InChI is InChI=1S/C12H17F2NO2S/c1-15-10(5-6-18(2,16)17)7-9-3-4-11(13)12(14)8-9/h3-4,8,10,15H,5-7H2,1-2H3. The number of likely N-dealkylation sites (N-methyl/N-ethyl adjacent to an activating group) is 1. The molecular weight excluding hydrogens is 260 g/mol. The maximum atomic E-state index is 13.0. The van der Waals surface area contributed by atoms with Crippen LogP contribution in [0.4, 0.5) is 8.78 Å². The number of benzene rings is 1. The van der Waals surface area contributed by atoms with Crippen molar-refractivity contribution >= 4 is 9.84 Å². The molecule has 0 saturated heterocycles. The molecule has 1 aromatic carbocycles. The van der Waals surface area contributed by atoms with Crippen LogP contribution in [0.1, 0.15) is 12.0 Å². The van der Waals surface area contributed by atoms with Gasteiger partial charge in [0.2, 0.25) is 0 Å². The molecule has 1 aromatic rings. The molecule has 0 aromatic heterocycles. The Bertz CT molecular complexity index is 503. The Hall–Kier alpha value is -1.01. The molecule has 3 nitrogen and oxygen atoms in total. The van der Waals surface area contributed by atoms with Gasteiger partial charge in [-0.1, -0.05) is 6.07 Å². The minimum absolute atomic E-state index is 0.0716. The van der Waals surface area contributed by atoms with Crippen molar-refractivity contribution < 1.29 is 17.2 Å². The third kappa shape index (κ3) is 5.10. The lowest BCUT2D eigenvalue weighted by molar-refractivity contribution is 0.501. The molecule has 0 saturated carbocycles. The van der Waals surface area contributed by atoms with Crippen LogP contribution < -0.4 is 5.32 Å². The van der Waals surface area contributed by atoms with Gasteiger partial charge in [-0.2, -0.15) is 0 Å². The minimum Gasteiger partial charge on any atom is -0.317 e. The van der Waals surface area contributed by atoms with Crippen LogP contribution in [-0.4, -0.2) is 33.5 Å². The van der Waals surface area contributed by atoms with Crippen LogP contribution in [0.5, 0.6) is 0 Å². The Morgan fingerprint density at radius 1 is 1.28 bits per heavy atom. The third-order valence-electron chi connectivity index (χ3n) is 2.71. The average Bonchev–Trinajstić information content (AvgIpc) is 2.28. The van der Waals surface area contributed by atoms with E-state index in [2.05, 4.69) is 5.32 Å². The predicted octanol–water partition coefficient (Wildman–Crippen LogP) is 1.53. The Labute approximate surface area is 106 Å². The van der Waals surface area contributed by atoms with Crippen LogP contribution in [-0.2, 0) is 16.3 Å². The van der Waals surface area contributed by atoms with Crippen LogP contribution in [0.25, 0.3) is 0 Å². The Kier molecular flexibility index (Phi) is 5.22. The molecule has 0 amide bonds. The first-order chi connectivity index (χ1) is 8.31. The molecule has 0 aliphatic carbocycles. The van der Waals surface area contributed by atoms with Gasteiger partial charge in [0.1, 0.15) is 9.84 Å². The molecule has 0 spiro atoms. The number of sulfone groups is 1. The lowest BCUT2D eigenvalue weighted by Crippen LogP contribution is -2.29. The summed E-state index contributed by atoms with van der Waals surface area (Å²) >= 11 is 0. The van der Waals surface area contributed by atoms with E-state index in [0.29, 0.717) is 18.4 Å². The van der Waals surface area contributed by atoms with Gasteiger partial charge in [0, 0.05) is 12.3 Å². The number of hydrogen-bond donors (Lipinski definition) is 1. The van der Waals surface area contributed by atoms with Crippen molar-refractivity contribution in [2.45, 2.75) is 18.9 Å². The summed E-state index contributed by atoms with van der Waals surface area (Å²) in [5.41, 5.74) is 0.641. The number of rotatable bonds is 6. The zero-order chi connectivity index (χ0) is 13.8. The van der Waals surface area contributed by atoms with Gasteiger partial charge in [-0.3, -0.25) is 0 Å². The summed E-state index contributed by atoms with van der Waals surface area (Å²) in [5, 5.41) is 2.98. The summed E-state index contributed by atoms with van der Waals surface area (Å²) in [6.07, 6.45) is 2.08. The SMILES string of the molecule is CNC(CCS(C)(=O)=O)Cc1ccc(F)c(F)c1. The molecule has 1 atom stereocenters.